The minimum atomic E-state index is -0.845. The Morgan fingerprint density at radius 1 is 0.476 bits per heavy atom. The third kappa shape index (κ3) is 26.6. The smallest absolute Gasteiger partial charge is 0.304 e. The Morgan fingerprint density at radius 3 is 1.22 bits per heavy atom. The summed E-state index contributed by atoms with van der Waals surface area (Å²) in [5.41, 5.74) is 4.23. The second-order valence-electron chi connectivity index (χ2n) is 18.3. The molecule has 0 radical (unpaired) electrons. The van der Waals surface area contributed by atoms with Crippen LogP contribution in [0.1, 0.15) is 242 Å². The maximum absolute atomic E-state index is 14.0. The number of pyridine rings is 1. The highest BCUT2D eigenvalue weighted by Crippen LogP contribution is 2.22. The minimum absolute atomic E-state index is 0.524. The molecule has 3 aromatic rings. The fourth-order valence-electron chi connectivity index (χ4n) is 8.63. The maximum atomic E-state index is 14.0. The molecule has 1 heterocycles. The van der Waals surface area contributed by atoms with E-state index in [1.807, 2.05) is 18.3 Å². The van der Waals surface area contributed by atoms with Crippen LogP contribution in [0.2, 0.25) is 0 Å². The van der Waals surface area contributed by atoms with Crippen LogP contribution in [0.25, 0.3) is 24.3 Å². The van der Waals surface area contributed by atoms with Gasteiger partial charge in [-0.15, -0.1) is 0 Å². The van der Waals surface area contributed by atoms with E-state index in [2.05, 4.69) is 60.1 Å². The van der Waals surface area contributed by atoms with Crippen molar-refractivity contribution < 1.29 is 9.31 Å². The van der Waals surface area contributed by atoms with Crippen LogP contribution in [0.15, 0.2) is 60.8 Å². The molecule has 2 aromatic carbocycles. The van der Waals surface area contributed by atoms with E-state index < -0.39 is 16.4 Å². The Labute approximate surface area is 385 Å². The highest BCUT2D eigenvalue weighted by Gasteiger charge is 2.13. The van der Waals surface area contributed by atoms with E-state index in [-0.39, 0.29) is 0 Å². The van der Waals surface area contributed by atoms with E-state index in [0.29, 0.717) is 5.56 Å². The van der Waals surface area contributed by atoms with Gasteiger partial charge in [0.15, 0.2) is 0 Å². The van der Waals surface area contributed by atoms with Gasteiger partial charge in [0.25, 0.3) is 0 Å². The minimum Gasteiger partial charge on any atom is -0.372 e. The summed E-state index contributed by atoms with van der Waals surface area (Å²) in [6.45, 7) is 6.87. The van der Waals surface area contributed by atoms with Crippen molar-refractivity contribution in [2.45, 2.75) is 219 Å². The van der Waals surface area contributed by atoms with Crippen molar-refractivity contribution in [3.63, 3.8) is 0 Å². The molecule has 0 amide bonds. The Kier molecular flexibility index (Phi) is 31.0. The molecule has 1 aromatic heterocycles. The lowest BCUT2D eigenvalue weighted by Gasteiger charge is -2.25. The van der Waals surface area contributed by atoms with Gasteiger partial charge in [-0.2, -0.15) is 4.39 Å². The van der Waals surface area contributed by atoms with Crippen molar-refractivity contribution >= 4 is 35.7 Å². The predicted molar refractivity (Wildman–Crippen MR) is 273 cm³/mol. The molecule has 6 heteroatoms. The first kappa shape index (κ1) is 53.5. The lowest BCUT2D eigenvalue weighted by molar-refractivity contribution is -0.387. The number of rotatable bonds is 40. The molecule has 0 bridgehead atoms. The number of hydrogen-bond donors (Lipinski definition) is 0. The van der Waals surface area contributed by atoms with Crippen molar-refractivity contribution in [3.8, 4) is 0 Å². The number of anilines is 1. The van der Waals surface area contributed by atoms with Gasteiger partial charge < -0.3 is 4.90 Å². The molecule has 0 atom stereocenters. The van der Waals surface area contributed by atoms with Crippen LogP contribution in [0, 0.1) is 15.9 Å². The largest absolute Gasteiger partial charge is 0.372 e. The molecule has 0 aliphatic rings. The van der Waals surface area contributed by atoms with Crippen LogP contribution >= 0.6 is 0 Å². The molecule has 0 spiro atoms. The van der Waals surface area contributed by atoms with Crippen LogP contribution in [0.5, 0.6) is 0 Å². The summed E-state index contributed by atoms with van der Waals surface area (Å²) in [5.74, 6) is -0.845. The zero-order valence-electron chi connectivity index (χ0n) is 40.2. The van der Waals surface area contributed by atoms with Crippen molar-refractivity contribution in [1.82, 2.24) is 4.98 Å². The highest BCUT2D eigenvalue weighted by atomic mass is 19.1. The average molecular weight is 866 g/mol. The number of unbranched alkanes of at least 4 members (excludes halogenated alkanes) is 30. The molecule has 0 saturated carbocycles. The van der Waals surface area contributed by atoms with Gasteiger partial charge >= 0.3 is 5.69 Å². The number of halogens is 1. The number of aromatic nitrogens is 1. The zero-order valence-corrected chi connectivity index (χ0v) is 40.2. The van der Waals surface area contributed by atoms with Gasteiger partial charge in [-0.1, -0.05) is 243 Å². The molecule has 0 fully saturated rings. The molecule has 5 nitrogen and oxygen atoms in total. The maximum Gasteiger partial charge on any atom is 0.304 e. The van der Waals surface area contributed by atoms with Gasteiger partial charge in [0, 0.05) is 31.0 Å². The first-order valence-corrected chi connectivity index (χ1v) is 26.1. The van der Waals surface area contributed by atoms with Crippen LogP contribution in [-0.4, -0.2) is 23.0 Å². The third-order valence-electron chi connectivity index (χ3n) is 12.7. The molecule has 0 aliphatic heterocycles. The van der Waals surface area contributed by atoms with Crippen molar-refractivity contribution in [2.24, 2.45) is 0 Å². The summed E-state index contributed by atoms with van der Waals surface area (Å²) in [5, 5.41) is 10.9. The van der Waals surface area contributed by atoms with Crippen molar-refractivity contribution in [2.75, 3.05) is 18.0 Å². The van der Waals surface area contributed by atoms with Crippen molar-refractivity contribution in [1.29, 1.82) is 0 Å². The Morgan fingerprint density at radius 2 is 0.841 bits per heavy atom. The van der Waals surface area contributed by atoms with E-state index >= 15 is 0 Å². The summed E-state index contributed by atoms with van der Waals surface area (Å²) in [6, 6.07) is 16.9. The zero-order chi connectivity index (χ0) is 44.8. The Bertz CT molecular complexity index is 1580. The molecule has 0 unspecified atom stereocenters. The fourth-order valence-corrected chi connectivity index (χ4v) is 8.63. The topological polar surface area (TPSA) is 59.3 Å². The second-order valence-corrected chi connectivity index (χ2v) is 18.3. The number of benzene rings is 2. The third-order valence-corrected chi connectivity index (χ3v) is 12.7. The van der Waals surface area contributed by atoms with Gasteiger partial charge in [-0.05, 0) is 65.9 Å². The number of nitro groups is 1. The molecular formula is C57H88FN3O2. The fraction of sp³-hybridized carbons (Fsp3) is 0.632. The predicted octanol–water partition coefficient (Wildman–Crippen LogP) is 18.8. The molecule has 0 saturated heterocycles. The summed E-state index contributed by atoms with van der Waals surface area (Å²) in [6.07, 6.45) is 54.3. The molecular weight excluding hydrogens is 778 g/mol. The number of hydrogen-bond acceptors (Lipinski definition) is 4. The quantitative estimate of drug-likeness (QED) is 0.0325. The average Bonchev–Trinajstić information content (AvgIpc) is 3.29. The van der Waals surface area contributed by atoms with E-state index in [0.717, 1.165) is 29.9 Å². The van der Waals surface area contributed by atoms with Crippen molar-refractivity contribution in [3.05, 3.63) is 99.1 Å². The Balaban J connectivity index is 1.38. The molecule has 350 valence electrons. The summed E-state index contributed by atoms with van der Waals surface area (Å²) < 4.78 is 14.0. The molecule has 63 heavy (non-hydrogen) atoms. The summed E-state index contributed by atoms with van der Waals surface area (Å²) in [4.78, 5) is 17.4. The van der Waals surface area contributed by atoms with E-state index in [4.69, 9.17) is 0 Å². The van der Waals surface area contributed by atoms with E-state index in [1.54, 1.807) is 12.2 Å². The van der Waals surface area contributed by atoms with Gasteiger partial charge in [0.2, 0.25) is 5.82 Å². The molecule has 0 N–H and O–H groups in total. The van der Waals surface area contributed by atoms with E-state index in [9.17, 15) is 14.5 Å². The lowest BCUT2D eigenvalue weighted by atomic mass is 10.0. The van der Waals surface area contributed by atoms with E-state index in [1.165, 1.54) is 229 Å². The second kappa shape index (κ2) is 36.5. The van der Waals surface area contributed by atoms with Gasteiger partial charge in [-0.25, -0.2) is 0 Å². The molecule has 0 aliphatic carbocycles. The normalized spacial score (nSPS) is 11.7. The lowest BCUT2D eigenvalue weighted by Crippen LogP contribution is -2.25. The van der Waals surface area contributed by atoms with Gasteiger partial charge in [0.1, 0.15) is 0 Å². The summed E-state index contributed by atoms with van der Waals surface area (Å²) >= 11 is 0. The Hall–Kier alpha value is -3.80. The van der Waals surface area contributed by atoms with Gasteiger partial charge in [-0.3, -0.25) is 15.1 Å². The van der Waals surface area contributed by atoms with Crippen LogP contribution in [0.4, 0.5) is 15.8 Å². The number of nitro benzene ring substituents is 1. The monoisotopic (exact) mass is 866 g/mol. The summed E-state index contributed by atoms with van der Waals surface area (Å²) in [7, 11) is 0. The number of nitrogens with zero attached hydrogens (tertiary/aromatic N) is 3. The van der Waals surface area contributed by atoms with Gasteiger partial charge in [0.05, 0.1) is 10.6 Å². The SMILES string of the molecule is CCCCCCCCCCCCCCCCCCN(CCCCCCCCCCCCCCCCCC)c1ccc(C=Cc2ccc(C=Cc3ccc([N+](=O)[O-])c(F)c3)nc2)cc1. The first-order chi connectivity index (χ1) is 31.0. The molecule has 3 rings (SSSR count). The van der Waals surface area contributed by atoms with Crippen LogP contribution in [-0.2, 0) is 0 Å². The standard InChI is InChI=1S/C57H88FN3O2/c1-3-5-7-9-11-13-15-17-19-21-23-25-27-29-31-33-47-60(48-34-32-30-28-26-24-22-20-18-16-14-12-10-8-6-4-2)55-44-39-51(40-45-55)35-36-53-38-43-54(59-50-53)42-37-52-41-46-57(61(62)63)56(58)49-52/h35-46,49-50H,3-34,47-48H2,1-2H3. The first-order valence-electron chi connectivity index (χ1n) is 26.1. The van der Waals surface area contributed by atoms with Crippen LogP contribution in [0.3, 0.4) is 0 Å². The van der Waals surface area contributed by atoms with Crippen LogP contribution < -0.4 is 4.90 Å². The highest BCUT2D eigenvalue weighted by molar-refractivity contribution is 5.72.